The molecule has 0 fully saturated rings. The molecule has 3 aromatic rings. The molecule has 1 N–H and O–H groups in total. The van der Waals surface area contributed by atoms with Crippen molar-refractivity contribution < 1.29 is 22.4 Å². The topological polar surface area (TPSA) is 59.8 Å². The number of alkyl halides is 3. The molecule has 0 aliphatic rings. The number of benzene rings is 1. The Labute approximate surface area is 152 Å². The van der Waals surface area contributed by atoms with Crippen LogP contribution < -0.4 is 5.32 Å². The molecule has 1 amide bonds. The van der Waals surface area contributed by atoms with E-state index in [1.807, 2.05) is 19.9 Å². The van der Waals surface area contributed by atoms with Crippen LogP contribution in [-0.4, -0.2) is 26.8 Å². The second-order valence-electron chi connectivity index (χ2n) is 6.42. The molecule has 0 saturated carbocycles. The third-order valence-corrected chi connectivity index (χ3v) is 3.88. The number of hydrogen-bond donors (Lipinski definition) is 1. The van der Waals surface area contributed by atoms with Crippen molar-refractivity contribution in [1.29, 1.82) is 0 Å². The summed E-state index contributed by atoms with van der Waals surface area (Å²) in [6.45, 7) is 4.03. The highest BCUT2D eigenvalue weighted by molar-refractivity contribution is 5.91. The van der Waals surface area contributed by atoms with E-state index in [2.05, 4.69) is 15.4 Å². The summed E-state index contributed by atoms with van der Waals surface area (Å²) in [6, 6.07) is 5.35. The summed E-state index contributed by atoms with van der Waals surface area (Å²) in [5.41, 5.74) is 1.43. The minimum atomic E-state index is -4.62. The average molecular weight is 380 g/mol. The lowest BCUT2D eigenvalue weighted by Crippen LogP contribution is -2.21. The highest BCUT2D eigenvalue weighted by atomic mass is 19.4. The molecule has 0 radical (unpaired) electrons. The Morgan fingerprint density at radius 1 is 1.26 bits per heavy atom. The quantitative estimate of drug-likeness (QED) is 0.675. The first-order valence-corrected chi connectivity index (χ1v) is 8.14. The standard InChI is InChI=1S/C18H16F4N4O/c1-10(2)11-5-12-9-26(25-17(12)23-8-11)15-6-13(3-4-14(15)19)24-16(27)7-18(20,21)22/h3-6,8-10H,7H2,1-2H3,(H,24,27). The van der Waals surface area contributed by atoms with Gasteiger partial charge in [0, 0.05) is 23.5 Å². The molecule has 5 nitrogen and oxygen atoms in total. The van der Waals surface area contributed by atoms with Gasteiger partial charge in [-0.1, -0.05) is 13.8 Å². The van der Waals surface area contributed by atoms with Crippen LogP contribution >= 0.6 is 0 Å². The first-order valence-electron chi connectivity index (χ1n) is 8.14. The number of hydrogen-bond acceptors (Lipinski definition) is 3. The SMILES string of the molecule is CC(C)c1cnc2nn(-c3cc(NC(=O)CC(F)(F)F)ccc3F)cc2c1. The van der Waals surface area contributed by atoms with Crippen LogP contribution in [0.5, 0.6) is 0 Å². The van der Waals surface area contributed by atoms with Gasteiger partial charge in [-0.05, 0) is 35.7 Å². The molecule has 0 unspecified atom stereocenters. The highest BCUT2D eigenvalue weighted by Gasteiger charge is 2.31. The maximum absolute atomic E-state index is 14.2. The lowest BCUT2D eigenvalue weighted by molar-refractivity contribution is -0.150. The van der Waals surface area contributed by atoms with Gasteiger partial charge in [0.1, 0.15) is 17.9 Å². The van der Waals surface area contributed by atoms with Crippen molar-refractivity contribution in [2.24, 2.45) is 0 Å². The van der Waals surface area contributed by atoms with E-state index >= 15 is 0 Å². The van der Waals surface area contributed by atoms with Crippen molar-refractivity contribution >= 4 is 22.6 Å². The van der Waals surface area contributed by atoms with Crippen LogP contribution in [0.25, 0.3) is 16.7 Å². The maximum Gasteiger partial charge on any atom is 0.397 e. The molecular formula is C18H16F4N4O. The molecule has 9 heteroatoms. The predicted molar refractivity (Wildman–Crippen MR) is 92.2 cm³/mol. The van der Waals surface area contributed by atoms with Crippen LogP contribution in [-0.2, 0) is 4.79 Å². The molecule has 0 aliphatic carbocycles. The third-order valence-electron chi connectivity index (χ3n) is 3.88. The minimum Gasteiger partial charge on any atom is -0.326 e. The zero-order valence-electron chi connectivity index (χ0n) is 14.5. The van der Waals surface area contributed by atoms with Crippen molar-refractivity contribution in [3.63, 3.8) is 0 Å². The molecule has 0 atom stereocenters. The van der Waals surface area contributed by atoms with Crippen LogP contribution in [0, 0.1) is 5.82 Å². The molecule has 0 spiro atoms. The molecule has 27 heavy (non-hydrogen) atoms. The second-order valence-corrected chi connectivity index (χ2v) is 6.42. The average Bonchev–Trinajstić information content (AvgIpc) is 2.97. The number of nitrogens with zero attached hydrogens (tertiary/aromatic N) is 3. The van der Waals surface area contributed by atoms with Crippen LogP contribution in [0.1, 0.15) is 31.7 Å². The number of fused-ring (bicyclic) bond motifs is 1. The van der Waals surface area contributed by atoms with E-state index < -0.39 is 24.3 Å². The number of carbonyl (C=O) groups is 1. The Kier molecular flexibility index (Phi) is 4.86. The first kappa shape index (κ1) is 18.8. The zero-order valence-corrected chi connectivity index (χ0v) is 14.5. The van der Waals surface area contributed by atoms with Crippen LogP contribution in [0.3, 0.4) is 0 Å². The van der Waals surface area contributed by atoms with Gasteiger partial charge >= 0.3 is 6.18 Å². The van der Waals surface area contributed by atoms with Crippen molar-refractivity contribution in [2.75, 3.05) is 5.32 Å². The summed E-state index contributed by atoms with van der Waals surface area (Å²) in [7, 11) is 0. The summed E-state index contributed by atoms with van der Waals surface area (Å²) in [5.74, 6) is -1.61. The van der Waals surface area contributed by atoms with Gasteiger partial charge in [-0.3, -0.25) is 4.79 Å². The molecular weight excluding hydrogens is 364 g/mol. The van der Waals surface area contributed by atoms with Gasteiger partial charge < -0.3 is 5.32 Å². The second kappa shape index (κ2) is 6.98. The highest BCUT2D eigenvalue weighted by Crippen LogP contribution is 2.24. The van der Waals surface area contributed by atoms with E-state index in [4.69, 9.17) is 0 Å². The molecule has 2 heterocycles. The van der Waals surface area contributed by atoms with Crippen LogP contribution in [0.4, 0.5) is 23.2 Å². The smallest absolute Gasteiger partial charge is 0.326 e. The van der Waals surface area contributed by atoms with Crippen molar-refractivity contribution in [3.05, 3.63) is 48.0 Å². The monoisotopic (exact) mass is 380 g/mol. The number of carbonyl (C=O) groups excluding carboxylic acids is 1. The fourth-order valence-corrected chi connectivity index (χ4v) is 2.53. The summed E-state index contributed by atoms with van der Waals surface area (Å²) in [4.78, 5) is 15.7. The van der Waals surface area contributed by atoms with Gasteiger partial charge in [0.15, 0.2) is 5.65 Å². The Hall–Kier alpha value is -2.97. The maximum atomic E-state index is 14.2. The Morgan fingerprint density at radius 3 is 2.67 bits per heavy atom. The van der Waals surface area contributed by atoms with E-state index in [1.54, 1.807) is 12.4 Å². The van der Waals surface area contributed by atoms with E-state index in [0.29, 0.717) is 11.0 Å². The number of halogens is 4. The van der Waals surface area contributed by atoms with Crippen LogP contribution in [0.15, 0.2) is 36.7 Å². The summed E-state index contributed by atoms with van der Waals surface area (Å²) < 4.78 is 52.3. The summed E-state index contributed by atoms with van der Waals surface area (Å²) in [6.07, 6.45) is -2.97. The number of nitrogens with one attached hydrogen (secondary N) is 1. The Bertz CT molecular complexity index is 995. The number of pyridine rings is 1. The summed E-state index contributed by atoms with van der Waals surface area (Å²) in [5, 5.41) is 7.01. The summed E-state index contributed by atoms with van der Waals surface area (Å²) >= 11 is 0. The van der Waals surface area contributed by atoms with Gasteiger partial charge in [-0.15, -0.1) is 5.10 Å². The van der Waals surface area contributed by atoms with Crippen molar-refractivity contribution in [2.45, 2.75) is 32.4 Å². The normalized spacial score (nSPS) is 12.0. The molecule has 1 aromatic carbocycles. The Balaban J connectivity index is 1.92. The largest absolute Gasteiger partial charge is 0.397 e. The van der Waals surface area contributed by atoms with Gasteiger partial charge in [-0.2, -0.15) is 13.2 Å². The van der Waals surface area contributed by atoms with Crippen molar-refractivity contribution in [1.82, 2.24) is 14.8 Å². The van der Waals surface area contributed by atoms with Gasteiger partial charge in [-0.25, -0.2) is 14.1 Å². The molecule has 3 rings (SSSR count). The number of aromatic nitrogens is 3. The van der Waals surface area contributed by atoms with E-state index in [9.17, 15) is 22.4 Å². The Morgan fingerprint density at radius 2 is 2.00 bits per heavy atom. The molecule has 142 valence electrons. The van der Waals surface area contributed by atoms with Gasteiger partial charge in [0.2, 0.25) is 5.91 Å². The predicted octanol–water partition coefficient (Wildman–Crippen LogP) is 4.57. The van der Waals surface area contributed by atoms with E-state index in [0.717, 1.165) is 11.6 Å². The molecule has 0 bridgehead atoms. The number of anilines is 1. The third kappa shape index (κ3) is 4.42. The number of rotatable bonds is 4. The fourth-order valence-electron chi connectivity index (χ4n) is 2.53. The first-order chi connectivity index (χ1) is 12.6. The lowest BCUT2D eigenvalue weighted by atomic mass is 10.1. The molecule has 2 aromatic heterocycles. The van der Waals surface area contributed by atoms with Gasteiger partial charge in [0.05, 0.1) is 0 Å². The minimum absolute atomic E-state index is 0.0103. The zero-order chi connectivity index (χ0) is 19.8. The molecule has 0 saturated heterocycles. The lowest BCUT2D eigenvalue weighted by Gasteiger charge is -2.10. The van der Waals surface area contributed by atoms with Gasteiger partial charge in [0.25, 0.3) is 0 Å². The van der Waals surface area contributed by atoms with E-state index in [-0.39, 0.29) is 17.3 Å². The molecule has 0 aliphatic heterocycles. The fraction of sp³-hybridized carbons (Fsp3) is 0.278. The van der Waals surface area contributed by atoms with Crippen molar-refractivity contribution in [3.8, 4) is 5.69 Å². The van der Waals surface area contributed by atoms with E-state index in [1.165, 1.54) is 16.8 Å². The number of amides is 1. The van der Waals surface area contributed by atoms with Crippen LogP contribution in [0.2, 0.25) is 0 Å².